The van der Waals surface area contributed by atoms with Crippen LogP contribution in [0.3, 0.4) is 0 Å². The smallest absolute Gasteiger partial charge is 0.394 e. The van der Waals surface area contributed by atoms with E-state index in [2.05, 4.69) is 16.3 Å². The maximum atomic E-state index is 12.3. The molecule has 0 spiro atoms. The van der Waals surface area contributed by atoms with E-state index >= 15 is 0 Å². The van der Waals surface area contributed by atoms with Crippen molar-refractivity contribution in [3.05, 3.63) is 56.7 Å². The van der Waals surface area contributed by atoms with Gasteiger partial charge in [-0.1, -0.05) is 29.8 Å². The summed E-state index contributed by atoms with van der Waals surface area (Å²) in [4.78, 5) is 15.8. The number of nitrogens with zero attached hydrogens (tertiary/aromatic N) is 1. The van der Waals surface area contributed by atoms with E-state index in [0.29, 0.717) is 5.02 Å². The van der Waals surface area contributed by atoms with Crippen LogP contribution in [0, 0.1) is 0 Å². The van der Waals surface area contributed by atoms with Crippen LogP contribution in [-0.2, 0) is 32.9 Å². The van der Waals surface area contributed by atoms with E-state index in [1.165, 1.54) is 17.6 Å². The van der Waals surface area contributed by atoms with Gasteiger partial charge in [-0.05, 0) is 35.1 Å². The number of carbonyl (C=O) groups is 1. The SMILES string of the molecule is COC(=O)[C@@H](c1ccccc1Cl)N1CCc2ccsc2C1.O=S(=O)(O)O. The van der Waals surface area contributed by atoms with Crippen molar-refractivity contribution in [2.45, 2.75) is 19.0 Å². The minimum absolute atomic E-state index is 0.261. The number of rotatable bonds is 3. The summed E-state index contributed by atoms with van der Waals surface area (Å²) in [6.07, 6.45) is 0.955. The minimum Gasteiger partial charge on any atom is -0.468 e. The van der Waals surface area contributed by atoms with Gasteiger partial charge in [-0.25, -0.2) is 4.79 Å². The summed E-state index contributed by atoms with van der Waals surface area (Å²) in [6, 6.07) is 9.20. The Kier molecular flexibility index (Phi) is 7.16. The highest BCUT2D eigenvalue weighted by atomic mass is 35.5. The Bertz CT molecular complexity index is 859. The Hall–Kier alpha value is -1.49. The van der Waals surface area contributed by atoms with E-state index in [4.69, 9.17) is 33.9 Å². The Morgan fingerprint density at radius 3 is 2.58 bits per heavy atom. The topological polar surface area (TPSA) is 104 Å². The molecule has 0 saturated heterocycles. The first kappa shape index (κ1) is 20.8. The predicted molar refractivity (Wildman–Crippen MR) is 98.8 cm³/mol. The second-order valence-corrected chi connectivity index (χ2v) is 7.79. The van der Waals surface area contributed by atoms with Crippen molar-refractivity contribution >= 4 is 39.3 Å². The fraction of sp³-hybridized carbons (Fsp3) is 0.312. The first-order valence-corrected chi connectivity index (χ1v) is 10.2. The number of hydrogen-bond acceptors (Lipinski definition) is 6. The molecule has 0 fully saturated rings. The molecule has 0 unspecified atom stereocenters. The van der Waals surface area contributed by atoms with Gasteiger partial charge in [-0.2, -0.15) is 8.42 Å². The molecule has 2 heterocycles. The van der Waals surface area contributed by atoms with Crippen molar-refractivity contribution in [3.8, 4) is 0 Å². The van der Waals surface area contributed by atoms with Crippen LogP contribution in [0.5, 0.6) is 0 Å². The van der Waals surface area contributed by atoms with Gasteiger partial charge in [0.1, 0.15) is 6.04 Å². The summed E-state index contributed by atoms with van der Waals surface area (Å²) in [7, 11) is -3.24. The minimum atomic E-state index is -4.67. The third-order valence-corrected chi connectivity index (χ3v) is 5.13. The summed E-state index contributed by atoms with van der Waals surface area (Å²) in [5.41, 5.74) is 2.20. The molecule has 0 radical (unpaired) electrons. The van der Waals surface area contributed by atoms with Gasteiger partial charge in [-0.3, -0.25) is 14.0 Å². The van der Waals surface area contributed by atoms with Crippen molar-refractivity contribution in [1.82, 2.24) is 4.90 Å². The fourth-order valence-corrected chi connectivity index (χ4v) is 3.96. The predicted octanol–water partition coefficient (Wildman–Crippen LogP) is 3.02. The van der Waals surface area contributed by atoms with Crippen LogP contribution in [0.25, 0.3) is 0 Å². The molecular formula is C16H18ClNO6S2. The number of hydrogen-bond donors (Lipinski definition) is 2. The molecule has 0 amide bonds. The monoisotopic (exact) mass is 419 g/mol. The number of carbonyl (C=O) groups excluding carboxylic acids is 1. The lowest BCUT2D eigenvalue weighted by Crippen LogP contribution is -2.38. The molecule has 142 valence electrons. The van der Waals surface area contributed by atoms with Gasteiger partial charge >= 0.3 is 16.4 Å². The number of methoxy groups -OCH3 is 1. The molecule has 0 bridgehead atoms. The van der Waals surface area contributed by atoms with Gasteiger partial charge in [0.15, 0.2) is 0 Å². The number of thiophene rings is 1. The zero-order valence-corrected chi connectivity index (χ0v) is 16.2. The summed E-state index contributed by atoms with van der Waals surface area (Å²) in [6.45, 7) is 1.59. The van der Waals surface area contributed by atoms with Crippen LogP contribution in [-0.4, -0.2) is 42.0 Å². The maximum Gasteiger partial charge on any atom is 0.394 e. The van der Waals surface area contributed by atoms with Gasteiger partial charge in [0.25, 0.3) is 0 Å². The lowest BCUT2D eigenvalue weighted by atomic mass is 10.0. The molecule has 1 aliphatic rings. The molecule has 1 aromatic heterocycles. The van der Waals surface area contributed by atoms with Crippen LogP contribution in [0.1, 0.15) is 22.0 Å². The van der Waals surface area contributed by atoms with Crippen molar-refractivity contribution < 1.29 is 27.1 Å². The second-order valence-electron chi connectivity index (χ2n) is 5.48. The van der Waals surface area contributed by atoms with E-state index < -0.39 is 16.4 Å². The third-order valence-electron chi connectivity index (χ3n) is 3.84. The Morgan fingerprint density at radius 1 is 1.31 bits per heavy atom. The Labute approximate surface area is 160 Å². The zero-order chi connectivity index (χ0) is 19.3. The number of benzene rings is 1. The maximum absolute atomic E-state index is 12.3. The summed E-state index contributed by atoms with van der Waals surface area (Å²) in [5.74, 6) is -0.261. The summed E-state index contributed by atoms with van der Waals surface area (Å²) >= 11 is 8.02. The molecule has 1 atom stereocenters. The first-order chi connectivity index (χ1) is 12.2. The molecule has 26 heavy (non-hydrogen) atoms. The van der Waals surface area contributed by atoms with Gasteiger partial charge < -0.3 is 4.74 Å². The first-order valence-electron chi connectivity index (χ1n) is 7.52. The van der Waals surface area contributed by atoms with Crippen molar-refractivity contribution in [2.24, 2.45) is 0 Å². The van der Waals surface area contributed by atoms with Gasteiger partial charge in [0, 0.05) is 23.0 Å². The standard InChI is InChI=1S/C16H16ClNO2S.H2O4S/c1-20-16(19)15(12-4-2-3-5-13(12)17)18-8-6-11-7-9-21-14(11)10-18;1-5(2,3)4/h2-5,7,9,15H,6,8,10H2,1H3;(H2,1,2,3,4)/t15-;/m1./s1. The molecule has 3 rings (SSSR count). The molecule has 2 N–H and O–H groups in total. The largest absolute Gasteiger partial charge is 0.468 e. The lowest BCUT2D eigenvalue weighted by Gasteiger charge is -2.33. The number of esters is 1. The molecule has 10 heteroatoms. The molecule has 2 aromatic rings. The van der Waals surface area contributed by atoms with Crippen molar-refractivity contribution in [1.29, 1.82) is 0 Å². The summed E-state index contributed by atoms with van der Waals surface area (Å²) in [5, 5.41) is 2.71. The molecule has 0 saturated carbocycles. The highest BCUT2D eigenvalue weighted by Gasteiger charge is 2.32. The van der Waals surface area contributed by atoms with Gasteiger partial charge in [-0.15, -0.1) is 11.3 Å². The third kappa shape index (κ3) is 5.76. The molecule has 1 aromatic carbocycles. The van der Waals surface area contributed by atoms with Crippen molar-refractivity contribution in [3.63, 3.8) is 0 Å². The van der Waals surface area contributed by atoms with Crippen LogP contribution in [0.2, 0.25) is 5.02 Å². The van der Waals surface area contributed by atoms with Crippen LogP contribution < -0.4 is 0 Å². The second kappa shape index (κ2) is 8.94. The molecular weight excluding hydrogens is 402 g/mol. The van der Waals surface area contributed by atoms with E-state index in [9.17, 15) is 4.79 Å². The van der Waals surface area contributed by atoms with E-state index in [0.717, 1.165) is 25.1 Å². The highest BCUT2D eigenvalue weighted by molar-refractivity contribution is 7.79. The molecule has 7 nitrogen and oxygen atoms in total. The van der Waals surface area contributed by atoms with Crippen molar-refractivity contribution in [2.75, 3.05) is 13.7 Å². The number of ether oxygens (including phenoxy) is 1. The van der Waals surface area contributed by atoms with Gasteiger partial charge in [0.05, 0.1) is 7.11 Å². The van der Waals surface area contributed by atoms with Gasteiger partial charge in [0.2, 0.25) is 0 Å². The summed E-state index contributed by atoms with van der Waals surface area (Å²) < 4.78 is 36.6. The Balaban J connectivity index is 0.000000431. The van der Waals surface area contributed by atoms with E-state index in [-0.39, 0.29) is 5.97 Å². The lowest BCUT2D eigenvalue weighted by molar-refractivity contribution is -0.147. The highest BCUT2D eigenvalue weighted by Crippen LogP contribution is 2.34. The van der Waals surface area contributed by atoms with Crippen LogP contribution in [0.4, 0.5) is 0 Å². The van der Waals surface area contributed by atoms with E-state index in [1.807, 2.05) is 24.3 Å². The van der Waals surface area contributed by atoms with Crippen LogP contribution >= 0.6 is 22.9 Å². The quantitative estimate of drug-likeness (QED) is 0.582. The normalized spacial score (nSPS) is 15.4. The fourth-order valence-electron chi connectivity index (χ4n) is 2.76. The molecule has 1 aliphatic heterocycles. The zero-order valence-electron chi connectivity index (χ0n) is 13.8. The molecule has 0 aliphatic carbocycles. The van der Waals surface area contributed by atoms with E-state index in [1.54, 1.807) is 11.3 Å². The number of fused-ring (bicyclic) bond motifs is 1. The number of halogens is 1. The Morgan fingerprint density at radius 2 is 1.96 bits per heavy atom. The average Bonchev–Trinajstić information content (AvgIpc) is 3.03. The average molecular weight is 420 g/mol. The van der Waals surface area contributed by atoms with Crippen LogP contribution in [0.15, 0.2) is 35.7 Å².